The summed E-state index contributed by atoms with van der Waals surface area (Å²) in [6.45, 7) is -4.89. The van der Waals surface area contributed by atoms with E-state index in [1.165, 1.54) is 14.1 Å². The van der Waals surface area contributed by atoms with Crippen LogP contribution >= 0.6 is 11.6 Å². The van der Waals surface area contributed by atoms with Crippen LogP contribution in [0.5, 0.6) is 11.5 Å². The Morgan fingerprint density at radius 2 is 1.50 bits per heavy atom. The molecular weight excluding hydrogens is 394 g/mol. The molecule has 3 rings (SSSR count). The van der Waals surface area contributed by atoms with Crippen LogP contribution in [0, 0.1) is 0 Å². The van der Waals surface area contributed by atoms with Gasteiger partial charge in [-0.3, -0.25) is 0 Å². The first-order valence-electron chi connectivity index (χ1n) is 11.7. The molecule has 156 valence electrons. The molecule has 0 radical (unpaired) electrons. The highest BCUT2D eigenvalue weighted by atomic mass is 35.5. The Hall–Kier alpha value is -2.75. The lowest BCUT2D eigenvalue weighted by atomic mass is 9.88. The van der Waals surface area contributed by atoms with Crippen molar-refractivity contribution in [2.45, 2.75) is 6.42 Å². The summed E-state index contributed by atoms with van der Waals surface area (Å²) >= 11 is 6.18. The Morgan fingerprint density at radius 3 is 2.10 bits per heavy atom. The normalized spacial score (nSPS) is 14.9. The van der Waals surface area contributed by atoms with Gasteiger partial charge in [-0.2, -0.15) is 0 Å². The molecule has 3 nitrogen and oxygen atoms in total. The molecule has 0 aliphatic heterocycles. The summed E-state index contributed by atoms with van der Waals surface area (Å²) in [5.41, 5.74) is 4.78. The van der Waals surface area contributed by atoms with E-state index in [1.54, 1.807) is 24.3 Å². The molecule has 0 amide bonds. The van der Waals surface area contributed by atoms with Crippen LogP contribution in [0.25, 0.3) is 11.1 Å². The van der Waals surface area contributed by atoms with Gasteiger partial charge in [0.2, 0.25) is 0 Å². The van der Waals surface area contributed by atoms with Crippen LogP contribution in [-0.2, 0) is 0 Å². The maximum atomic E-state index is 9.74. The molecule has 0 heterocycles. The molecule has 0 saturated heterocycles. The van der Waals surface area contributed by atoms with Gasteiger partial charge < -0.3 is 14.7 Å². The predicted molar refractivity (Wildman–Crippen MR) is 126 cm³/mol. The molecule has 0 unspecified atom stereocenters. The number of nitrogens with zero attached hydrogens (tertiary/aromatic N) is 1. The van der Waals surface area contributed by atoms with Crippen molar-refractivity contribution in [1.29, 1.82) is 0 Å². The van der Waals surface area contributed by atoms with Gasteiger partial charge in [0, 0.05) is 15.1 Å². The van der Waals surface area contributed by atoms with Crippen molar-refractivity contribution >= 4 is 22.7 Å². The van der Waals surface area contributed by atoms with Gasteiger partial charge in [-0.1, -0.05) is 54.6 Å². The minimum Gasteiger partial charge on any atom is -0.508 e. The number of allylic oxidation sites excluding steroid dienone is 1. The van der Waals surface area contributed by atoms with Crippen molar-refractivity contribution in [2.24, 2.45) is 0 Å². The molecule has 0 fully saturated rings. The van der Waals surface area contributed by atoms with Crippen LogP contribution in [0.15, 0.2) is 78.9 Å². The van der Waals surface area contributed by atoms with Gasteiger partial charge in [-0.05, 0) is 72.6 Å². The highest BCUT2D eigenvalue weighted by Crippen LogP contribution is 2.35. The third kappa shape index (κ3) is 5.88. The Bertz CT molecular complexity index is 1120. The molecule has 4 heteroatoms. The average Bonchev–Trinajstić information content (AvgIpc) is 2.80. The Kier molecular flexibility index (Phi) is 6.15. The fourth-order valence-electron chi connectivity index (χ4n) is 3.15. The van der Waals surface area contributed by atoms with E-state index in [2.05, 4.69) is 0 Å². The number of alkyl halides is 1. The third-order valence-electron chi connectivity index (χ3n) is 4.51. The zero-order valence-corrected chi connectivity index (χ0v) is 17.9. The van der Waals surface area contributed by atoms with Crippen LogP contribution in [0.4, 0.5) is 0 Å². The molecule has 0 aromatic heterocycles. The summed E-state index contributed by atoms with van der Waals surface area (Å²) in [6.07, 6.45) is 0.598. The molecule has 0 aliphatic rings. The molecule has 0 aliphatic carbocycles. The van der Waals surface area contributed by atoms with Crippen LogP contribution in [-0.4, -0.2) is 43.0 Å². The Morgan fingerprint density at radius 1 is 0.900 bits per heavy atom. The van der Waals surface area contributed by atoms with Crippen molar-refractivity contribution in [3.8, 4) is 11.5 Å². The first-order valence-corrected chi connectivity index (χ1v) is 10.2. The maximum absolute atomic E-state index is 9.74. The smallest absolute Gasteiger partial charge is 0.119 e. The van der Waals surface area contributed by atoms with Crippen molar-refractivity contribution in [1.82, 2.24) is 4.90 Å². The number of hydrogen-bond acceptors (Lipinski definition) is 3. The summed E-state index contributed by atoms with van der Waals surface area (Å²) in [7, 11) is 2.92. The Labute approximate surface area is 189 Å². The molecule has 0 spiro atoms. The quantitative estimate of drug-likeness (QED) is 0.341. The summed E-state index contributed by atoms with van der Waals surface area (Å²) in [5.74, 6) is 0.812. The summed E-state index contributed by atoms with van der Waals surface area (Å²) < 4.78 is 37.7. The second-order valence-electron chi connectivity index (χ2n) is 6.94. The summed E-state index contributed by atoms with van der Waals surface area (Å²) in [4.78, 5) is 1.15. The average molecular weight is 426 g/mol. The molecule has 1 N–H and O–H groups in total. The van der Waals surface area contributed by atoms with E-state index in [0.717, 1.165) is 32.7 Å². The van der Waals surface area contributed by atoms with Gasteiger partial charge >= 0.3 is 0 Å². The van der Waals surface area contributed by atoms with Crippen LogP contribution in [0.3, 0.4) is 0 Å². The molecule has 3 aromatic rings. The van der Waals surface area contributed by atoms with E-state index in [1.807, 2.05) is 54.6 Å². The van der Waals surface area contributed by atoms with Gasteiger partial charge in [0.1, 0.15) is 18.1 Å². The minimum atomic E-state index is -2.56. The van der Waals surface area contributed by atoms with E-state index in [0.29, 0.717) is 12.3 Å². The van der Waals surface area contributed by atoms with E-state index in [4.69, 9.17) is 21.8 Å². The lowest BCUT2D eigenvalue weighted by Gasteiger charge is -2.17. The zero-order chi connectivity index (χ0) is 24.9. The van der Waals surface area contributed by atoms with Crippen LogP contribution in [0.1, 0.15) is 28.6 Å². The maximum Gasteiger partial charge on any atom is 0.119 e. The third-order valence-corrected chi connectivity index (χ3v) is 4.69. The molecule has 0 bridgehead atoms. The first kappa shape index (κ1) is 17.0. The highest BCUT2D eigenvalue weighted by Gasteiger charge is 2.14. The monoisotopic (exact) mass is 425 g/mol. The van der Waals surface area contributed by atoms with Gasteiger partial charge in [0.25, 0.3) is 0 Å². The lowest BCUT2D eigenvalue weighted by molar-refractivity contribution is 0.261. The van der Waals surface area contributed by atoms with E-state index in [9.17, 15) is 5.11 Å². The number of phenolic OH excluding ortho intramolecular Hbond substituents is 1. The molecular formula is C26H28ClNO2. The number of halogens is 1. The fourth-order valence-corrected chi connectivity index (χ4v) is 3.34. The second-order valence-corrected chi connectivity index (χ2v) is 7.32. The molecule has 0 saturated carbocycles. The van der Waals surface area contributed by atoms with Gasteiger partial charge in [0.05, 0.1) is 2.74 Å². The minimum absolute atomic E-state index is 0.184. The predicted octanol–water partition coefficient (Wildman–Crippen LogP) is 5.92. The SMILES string of the molecule is [2H]C([2H])(Oc1ccc(/C(=C(/CCCl)c2ccc(O)cc2)c2ccccc2)cc1)C([2H])([2H])N(C)C. The second kappa shape index (κ2) is 10.9. The number of aromatic hydroxyl groups is 1. The van der Waals surface area contributed by atoms with Crippen molar-refractivity contribution < 1.29 is 15.3 Å². The fraction of sp³-hybridized carbons (Fsp3) is 0.231. The molecule has 3 aromatic carbocycles. The molecule has 30 heavy (non-hydrogen) atoms. The lowest BCUT2D eigenvalue weighted by Crippen LogP contribution is -2.19. The number of hydrogen-bond donors (Lipinski definition) is 1. The zero-order valence-electron chi connectivity index (χ0n) is 21.1. The number of benzene rings is 3. The van der Waals surface area contributed by atoms with Gasteiger partial charge in [-0.25, -0.2) is 0 Å². The first-order chi connectivity index (χ1) is 16.1. The van der Waals surface area contributed by atoms with Crippen molar-refractivity contribution in [3.05, 3.63) is 95.6 Å². The van der Waals surface area contributed by atoms with E-state index in [-0.39, 0.29) is 11.5 Å². The van der Waals surface area contributed by atoms with E-state index >= 15 is 0 Å². The Balaban J connectivity index is 2.08. The standard InChI is InChI=1S/C26H28ClNO2/c1-28(2)18-19-30-24-14-10-22(11-15-24)26(21-6-4-3-5-7-21)25(16-17-27)20-8-12-23(29)13-9-20/h3-15,29H,16-19H2,1-2H3/b26-25-/i18D2,19D2. The number of likely N-dealkylation sites (N-methyl/N-ethyl adjacent to an activating group) is 1. The van der Waals surface area contributed by atoms with Crippen molar-refractivity contribution in [3.63, 3.8) is 0 Å². The van der Waals surface area contributed by atoms with Gasteiger partial charge in [0.15, 0.2) is 0 Å². The topological polar surface area (TPSA) is 32.7 Å². The van der Waals surface area contributed by atoms with Crippen molar-refractivity contribution in [2.75, 3.05) is 33.0 Å². The number of rotatable bonds is 9. The van der Waals surface area contributed by atoms with Gasteiger partial charge in [-0.15, -0.1) is 11.6 Å². The van der Waals surface area contributed by atoms with Crippen LogP contribution in [0.2, 0.25) is 0 Å². The van der Waals surface area contributed by atoms with E-state index < -0.39 is 13.1 Å². The highest BCUT2D eigenvalue weighted by molar-refractivity contribution is 6.18. The summed E-state index contributed by atoms with van der Waals surface area (Å²) in [6, 6.07) is 23.8. The largest absolute Gasteiger partial charge is 0.508 e. The molecule has 0 atom stereocenters. The number of ether oxygens (including phenoxy) is 1. The number of phenols is 1. The summed E-state index contributed by atoms with van der Waals surface area (Å²) in [5, 5.41) is 9.74. The van der Waals surface area contributed by atoms with Crippen LogP contribution < -0.4 is 4.74 Å².